The van der Waals surface area contributed by atoms with Gasteiger partial charge < -0.3 is 10.7 Å². The van der Waals surface area contributed by atoms with E-state index in [4.69, 9.17) is 17.4 Å². The van der Waals surface area contributed by atoms with Crippen LogP contribution in [0.3, 0.4) is 0 Å². The predicted molar refractivity (Wildman–Crippen MR) is 91.9 cm³/mol. The van der Waals surface area contributed by atoms with E-state index in [0.29, 0.717) is 17.1 Å². The summed E-state index contributed by atoms with van der Waals surface area (Å²) in [6.07, 6.45) is 0. The van der Waals surface area contributed by atoms with Gasteiger partial charge >= 0.3 is 0 Å². The highest BCUT2D eigenvalue weighted by Gasteiger charge is 2.11. The average molecular weight is 467 g/mol. The number of benzene rings is 1. The molecule has 5 nitrogen and oxygen atoms in total. The molecule has 0 unspecified atom stereocenters. The van der Waals surface area contributed by atoms with E-state index < -0.39 is 0 Å². The molecule has 0 saturated carbocycles. The van der Waals surface area contributed by atoms with Crippen molar-refractivity contribution in [3.05, 3.63) is 49.1 Å². The molecular formula is C12H9BrClIN4O. The first-order chi connectivity index (χ1) is 9.49. The van der Waals surface area contributed by atoms with Gasteiger partial charge in [0.05, 0.1) is 5.69 Å². The summed E-state index contributed by atoms with van der Waals surface area (Å²) in [5, 5.41) is 3.00. The number of nitrogens with two attached hydrogens (primary N) is 1. The van der Waals surface area contributed by atoms with Crippen LogP contribution in [0, 0.1) is 3.57 Å². The Bertz CT molecular complexity index is 668. The molecule has 4 N–H and O–H groups in total. The van der Waals surface area contributed by atoms with Gasteiger partial charge in [0.1, 0.15) is 11.0 Å². The number of amides is 1. The standard InChI is InChI=1S/C12H9BrClIN4O/c13-7-1-2-8(15)9(5-7)17-12(20)6-3-10(14)18-11(4-6)19-16/h1-5H,16H2,(H,17,20)(H,18,19). The maximum atomic E-state index is 12.2. The number of nitrogens with zero attached hydrogens (tertiary/aromatic N) is 1. The molecule has 1 amide bonds. The molecule has 0 aliphatic heterocycles. The summed E-state index contributed by atoms with van der Waals surface area (Å²) < 4.78 is 1.81. The summed E-state index contributed by atoms with van der Waals surface area (Å²) in [6, 6.07) is 8.61. The van der Waals surface area contributed by atoms with Gasteiger partial charge in [-0.1, -0.05) is 27.5 Å². The van der Waals surface area contributed by atoms with Crippen LogP contribution in [0.4, 0.5) is 11.5 Å². The maximum Gasteiger partial charge on any atom is 0.255 e. The van der Waals surface area contributed by atoms with Gasteiger partial charge in [0.25, 0.3) is 5.91 Å². The minimum absolute atomic E-state index is 0.189. The van der Waals surface area contributed by atoms with Gasteiger partial charge in [0.15, 0.2) is 0 Å². The van der Waals surface area contributed by atoms with Crippen molar-refractivity contribution >= 4 is 67.5 Å². The number of carbonyl (C=O) groups excluding carboxylic acids is 1. The van der Waals surface area contributed by atoms with Crippen LogP contribution in [-0.4, -0.2) is 10.9 Å². The van der Waals surface area contributed by atoms with Gasteiger partial charge in [-0.15, -0.1) is 0 Å². The lowest BCUT2D eigenvalue weighted by molar-refractivity contribution is 0.102. The molecule has 8 heteroatoms. The van der Waals surface area contributed by atoms with Crippen molar-refractivity contribution < 1.29 is 4.79 Å². The molecule has 0 bridgehead atoms. The zero-order valence-electron chi connectivity index (χ0n) is 9.95. The van der Waals surface area contributed by atoms with Crippen molar-refractivity contribution in [1.29, 1.82) is 0 Å². The van der Waals surface area contributed by atoms with Crippen LogP contribution < -0.4 is 16.6 Å². The maximum absolute atomic E-state index is 12.2. The lowest BCUT2D eigenvalue weighted by atomic mass is 10.2. The molecule has 0 spiro atoms. The Kier molecular flexibility index (Phi) is 5.19. The molecule has 20 heavy (non-hydrogen) atoms. The average Bonchev–Trinajstić information content (AvgIpc) is 2.42. The molecule has 2 aromatic rings. The smallest absolute Gasteiger partial charge is 0.255 e. The number of carbonyl (C=O) groups is 1. The molecule has 0 atom stereocenters. The van der Waals surface area contributed by atoms with E-state index in [1.165, 1.54) is 12.1 Å². The monoisotopic (exact) mass is 466 g/mol. The first-order valence-electron chi connectivity index (χ1n) is 5.40. The summed E-state index contributed by atoms with van der Waals surface area (Å²) in [7, 11) is 0. The highest BCUT2D eigenvalue weighted by atomic mass is 127. The zero-order valence-corrected chi connectivity index (χ0v) is 14.5. The lowest BCUT2D eigenvalue weighted by Gasteiger charge is -2.09. The van der Waals surface area contributed by atoms with E-state index in [9.17, 15) is 4.79 Å². The number of pyridine rings is 1. The molecule has 0 fully saturated rings. The van der Waals surface area contributed by atoms with E-state index in [-0.39, 0.29) is 11.1 Å². The van der Waals surface area contributed by atoms with Gasteiger partial charge in [-0.3, -0.25) is 4.79 Å². The van der Waals surface area contributed by atoms with Crippen molar-refractivity contribution in [2.24, 2.45) is 5.84 Å². The van der Waals surface area contributed by atoms with Crippen molar-refractivity contribution in [3.63, 3.8) is 0 Å². The summed E-state index contributed by atoms with van der Waals surface area (Å²) in [6.45, 7) is 0. The second-order valence-electron chi connectivity index (χ2n) is 3.79. The third-order valence-electron chi connectivity index (χ3n) is 2.38. The molecule has 0 aliphatic carbocycles. The first kappa shape index (κ1) is 15.5. The Labute approximate surface area is 142 Å². The van der Waals surface area contributed by atoms with E-state index in [1.54, 1.807) is 0 Å². The number of aromatic nitrogens is 1. The van der Waals surface area contributed by atoms with Crippen LogP contribution >= 0.6 is 50.1 Å². The van der Waals surface area contributed by atoms with Crippen molar-refractivity contribution in [3.8, 4) is 0 Å². The quantitative estimate of drug-likeness (QED) is 0.279. The molecule has 2 rings (SSSR count). The van der Waals surface area contributed by atoms with Crippen LogP contribution in [0.25, 0.3) is 0 Å². The number of rotatable bonds is 3. The second-order valence-corrected chi connectivity index (χ2v) is 6.25. The van der Waals surface area contributed by atoms with Crippen LogP contribution in [0.1, 0.15) is 10.4 Å². The number of nitrogen functional groups attached to an aromatic ring is 1. The van der Waals surface area contributed by atoms with Gasteiger partial charge in [-0.2, -0.15) is 0 Å². The number of hydrogen-bond acceptors (Lipinski definition) is 4. The van der Waals surface area contributed by atoms with Crippen molar-refractivity contribution in [1.82, 2.24) is 4.98 Å². The van der Waals surface area contributed by atoms with Crippen LogP contribution in [0.5, 0.6) is 0 Å². The minimum atomic E-state index is -0.290. The van der Waals surface area contributed by atoms with Gasteiger partial charge in [-0.05, 0) is 52.9 Å². The third kappa shape index (κ3) is 3.81. The van der Waals surface area contributed by atoms with E-state index in [2.05, 4.69) is 54.2 Å². The molecule has 0 radical (unpaired) electrons. The summed E-state index contributed by atoms with van der Waals surface area (Å²) in [4.78, 5) is 16.1. The third-order valence-corrected chi connectivity index (χ3v) is 4.01. The van der Waals surface area contributed by atoms with E-state index >= 15 is 0 Å². The van der Waals surface area contributed by atoms with Gasteiger partial charge in [0.2, 0.25) is 0 Å². The fourth-order valence-electron chi connectivity index (χ4n) is 1.49. The van der Waals surface area contributed by atoms with E-state index in [0.717, 1.165) is 8.04 Å². The number of halogens is 3. The van der Waals surface area contributed by atoms with Crippen molar-refractivity contribution in [2.45, 2.75) is 0 Å². The van der Waals surface area contributed by atoms with Crippen molar-refractivity contribution in [2.75, 3.05) is 10.7 Å². The largest absolute Gasteiger partial charge is 0.321 e. The Morgan fingerprint density at radius 3 is 2.80 bits per heavy atom. The Morgan fingerprint density at radius 2 is 2.10 bits per heavy atom. The molecule has 1 heterocycles. The molecule has 0 aliphatic rings. The number of anilines is 2. The van der Waals surface area contributed by atoms with Gasteiger partial charge in [0, 0.05) is 13.6 Å². The van der Waals surface area contributed by atoms with Crippen LogP contribution in [0.15, 0.2) is 34.8 Å². The number of hydrogen-bond donors (Lipinski definition) is 3. The lowest BCUT2D eigenvalue weighted by Crippen LogP contribution is -2.15. The summed E-state index contributed by atoms with van der Waals surface area (Å²) >= 11 is 11.3. The molecule has 104 valence electrons. The fraction of sp³-hybridized carbons (Fsp3) is 0. The highest BCUT2D eigenvalue weighted by Crippen LogP contribution is 2.24. The zero-order chi connectivity index (χ0) is 14.7. The predicted octanol–water partition coefficient (Wildman–Crippen LogP) is 3.64. The van der Waals surface area contributed by atoms with Crippen LogP contribution in [0.2, 0.25) is 5.15 Å². The Balaban J connectivity index is 2.28. The normalized spacial score (nSPS) is 10.2. The Hall–Kier alpha value is -0.900. The number of hydrazine groups is 1. The molecule has 1 aromatic carbocycles. The van der Waals surface area contributed by atoms with E-state index in [1.807, 2.05) is 18.2 Å². The molecule has 1 aromatic heterocycles. The number of nitrogens with one attached hydrogen (secondary N) is 2. The summed E-state index contributed by atoms with van der Waals surface area (Å²) in [5.74, 6) is 5.31. The molecule has 0 saturated heterocycles. The summed E-state index contributed by atoms with van der Waals surface area (Å²) in [5.41, 5.74) is 3.44. The minimum Gasteiger partial charge on any atom is -0.321 e. The van der Waals surface area contributed by atoms with Gasteiger partial charge in [-0.25, -0.2) is 10.8 Å². The second kappa shape index (κ2) is 6.70. The first-order valence-corrected chi connectivity index (χ1v) is 7.65. The SMILES string of the molecule is NNc1cc(C(=O)Nc2cc(Br)ccc2I)cc(Cl)n1. The highest BCUT2D eigenvalue weighted by molar-refractivity contribution is 14.1. The topological polar surface area (TPSA) is 80.0 Å². The molecular weight excluding hydrogens is 458 g/mol. The van der Waals surface area contributed by atoms with Crippen LogP contribution in [-0.2, 0) is 0 Å². The fourth-order valence-corrected chi connectivity index (χ4v) is 2.53. The Morgan fingerprint density at radius 1 is 1.35 bits per heavy atom.